The Kier molecular flexibility index (Phi) is 11.5. The number of nitrogens with zero attached hydrogens (tertiary/aromatic N) is 3. The lowest BCUT2D eigenvalue weighted by atomic mass is 10.1. The maximum absolute atomic E-state index is 12.7. The molecule has 3 aromatic rings. The second-order valence-corrected chi connectivity index (χ2v) is 10.6. The average Bonchev–Trinajstić information content (AvgIpc) is 3.00. The number of carbonyl (C=O) groups is 2. The quantitative estimate of drug-likeness (QED) is 0.223. The van der Waals surface area contributed by atoms with Crippen LogP contribution in [0.25, 0.3) is 0 Å². The van der Waals surface area contributed by atoms with Gasteiger partial charge in [0.2, 0.25) is 5.91 Å². The van der Waals surface area contributed by atoms with E-state index >= 15 is 0 Å². The summed E-state index contributed by atoms with van der Waals surface area (Å²) in [6, 6.07) is 15.5. The van der Waals surface area contributed by atoms with Gasteiger partial charge in [0.25, 0.3) is 5.56 Å². The molecule has 1 aliphatic heterocycles. The van der Waals surface area contributed by atoms with Crippen molar-refractivity contribution >= 4 is 17.7 Å². The van der Waals surface area contributed by atoms with Gasteiger partial charge in [-0.3, -0.25) is 9.59 Å². The van der Waals surface area contributed by atoms with Crippen LogP contribution in [0.15, 0.2) is 65.6 Å². The lowest BCUT2D eigenvalue weighted by molar-refractivity contribution is -0.142. The Balaban J connectivity index is 1.32. The summed E-state index contributed by atoms with van der Waals surface area (Å²) < 4.78 is 6.97. The molecule has 0 fully saturated rings. The van der Waals surface area contributed by atoms with E-state index in [9.17, 15) is 19.5 Å². The number of ether oxygens (including phenoxy) is 1. The highest BCUT2D eigenvalue weighted by Gasteiger charge is 2.22. The van der Waals surface area contributed by atoms with Gasteiger partial charge in [-0.1, -0.05) is 30.3 Å². The van der Waals surface area contributed by atoms with Gasteiger partial charge >= 0.3 is 5.97 Å². The fourth-order valence-corrected chi connectivity index (χ4v) is 5.22. The van der Waals surface area contributed by atoms with E-state index in [0.29, 0.717) is 30.9 Å². The van der Waals surface area contributed by atoms with E-state index in [4.69, 9.17) is 9.72 Å². The van der Waals surface area contributed by atoms with Crippen LogP contribution in [0.2, 0.25) is 0 Å². The van der Waals surface area contributed by atoms with Gasteiger partial charge in [0.05, 0.1) is 13.5 Å². The van der Waals surface area contributed by atoms with Gasteiger partial charge in [0, 0.05) is 49.7 Å². The molecule has 0 saturated heterocycles. The number of benzene rings is 1. The van der Waals surface area contributed by atoms with E-state index in [0.717, 1.165) is 56.7 Å². The van der Waals surface area contributed by atoms with E-state index in [-0.39, 0.29) is 24.3 Å². The summed E-state index contributed by atoms with van der Waals surface area (Å²) in [5, 5.41) is 15.9. The van der Waals surface area contributed by atoms with Crippen molar-refractivity contribution in [2.24, 2.45) is 0 Å². The highest BCUT2D eigenvalue weighted by atomic mass is 16.5. The number of aryl methyl sites for hydroxylation is 2. The third kappa shape index (κ3) is 9.17. The van der Waals surface area contributed by atoms with Crippen molar-refractivity contribution in [3.63, 3.8) is 0 Å². The number of rotatable bonds is 16. The number of carboxylic acids is 1. The van der Waals surface area contributed by atoms with Crippen LogP contribution in [0.4, 0.5) is 5.82 Å². The molecule has 3 N–H and O–H groups in total. The van der Waals surface area contributed by atoms with Gasteiger partial charge in [-0.15, -0.1) is 0 Å². The minimum absolute atomic E-state index is 0.0285. The van der Waals surface area contributed by atoms with Crippen LogP contribution in [0.5, 0.6) is 5.75 Å². The second-order valence-electron chi connectivity index (χ2n) is 10.6. The summed E-state index contributed by atoms with van der Waals surface area (Å²) in [5.74, 6) is 0.140. The SMILES string of the molecule is COc1ccccc1CC(=O)N[C@@H](CCN(CCCCc1ccc2c(n1)NCCC2)CCn1ccccc1=O)C(=O)O. The van der Waals surface area contributed by atoms with Gasteiger partial charge in [0.1, 0.15) is 17.6 Å². The minimum atomic E-state index is -1.07. The third-order valence-electron chi connectivity index (χ3n) is 7.58. The first-order valence-electron chi connectivity index (χ1n) is 14.7. The van der Waals surface area contributed by atoms with E-state index in [1.165, 1.54) is 18.7 Å². The molecule has 2 aromatic heterocycles. The summed E-state index contributed by atoms with van der Waals surface area (Å²) in [4.78, 5) is 44.0. The molecule has 0 aliphatic carbocycles. The van der Waals surface area contributed by atoms with Crippen molar-refractivity contribution in [2.45, 2.75) is 57.5 Å². The molecule has 0 bridgehead atoms. The number of methoxy groups -OCH3 is 1. The number of anilines is 1. The molecule has 10 nitrogen and oxygen atoms in total. The number of aromatic nitrogens is 2. The Morgan fingerprint density at radius 3 is 2.74 bits per heavy atom. The predicted molar refractivity (Wildman–Crippen MR) is 162 cm³/mol. The molecular weight excluding hydrogens is 534 g/mol. The molecular formula is C32H41N5O5. The van der Waals surface area contributed by atoms with Crippen LogP contribution < -0.4 is 20.9 Å². The van der Waals surface area contributed by atoms with Crippen molar-refractivity contribution in [2.75, 3.05) is 38.6 Å². The number of nitrogens with one attached hydrogen (secondary N) is 2. The largest absolute Gasteiger partial charge is 0.496 e. The smallest absolute Gasteiger partial charge is 0.326 e. The number of para-hydroxylation sites is 1. The highest BCUT2D eigenvalue weighted by Crippen LogP contribution is 2.20. The molecule has 1 aromatic carbocycles. The fourth-order valence-electron chi connectivity index (χ4n) is 5.22. The van der Waals surface area contributed by atoms with Crippen LogP contribution in [0.3, 0.4) is 0 Å². The minimum Gasteiger partial charge on any atom is -0.496 e. The predicted octanol–water partition coefficient (Wildman–Crippen LogP) is 3.14. The topological polar surface area (TPSA) is 126 Å². The van der Waals surface area contributed by atoms with Crippen molar-refractivity contribution in [1.29, 1.82) is 0 Å². The zero-order valence-corrected chi connectivity index (χ0v) is 24.3. The maximum Gasteiger partial charge on any atom is 0.326 e. The zero-order chi connectivity index (χ0) is 29.7. The number of hydrogen-bond donors (Lipinski definition) is 3. The van der Waals surface area contributed by atoms with Crippen molar-refractivity contribution < 1.29 is 19.4 Å². The second kappa shape index (κ2) is 15.7. The maximum atomic E-state index is 12.7. The van der Waals surface area contributed by atoms with Gasteiger partial charge in [-0.05, 0) is 68.8 Å². The molecule has 0 unspecified atom stereocenters. The van der Waals surface area contributed by atoms with Crippen LogP contribution >= 0.6 is 0 Å². The van der Waals surface area contributed by atoms with Gasteiger partial charge in [-0.25, -0.2) is 9.78 Å². The summed E-state index contributed by atoms with van der Waals surface area (Å²) in [6.45, 7) is 3.25. The number of amides is 1. The molecule has 1 amide bonds. The summed E-state index contributed by atoms with van der Waals surface area (Å²) in [5.41, 5.74) is 2.96. The molecule has 3 heterocycles. The van der Waals surface area contributed by atoms with Crippen LogP contribution in [-0.4, -0.2) is 70.8 Å². The lowest BCUT2D eigenvalue weighted by Gasteiger charge is -2.25. The molecule has 10 heteroatoms. The number of hydrogen-bond acceptors (Lipinski definition) is 7. The molecule has 0 radical (unpaired) electrons. The first kappa shape index (κ1) is 30.8. The Morgan fingerprint density at radius 2 is 1.93 bits per heavy atom. The number of carboxylic acid groups (broad SMARTS) is 1. The molecule has 0 spiro atoms. The average molecular weight is 576 g/mol. The van der Waals surface area contributed by atoms with Crippen molar-refractivity contribution in [3.8, 4) is 5.75 Å². The van der Waals surface area contributed by atoms with E-state index < -0.39 is 12.0 Å². The third-order valence-corrected chi connectivity index (χ3v) is 7.58. The molecule has 4 rings (SSSR count). The summed E-state index contributed by atoms with van der Waals surface area (Å²) >= 11 is 0. The monoisotopic (exact) mass is 575 g/mol. The van der Waals surface area contributed by atoms with E-state index in [1.54, 1.807) is 29.0 Å². The van der Waals surface area contributed by atoms with Crippen LogP contribution in [-0.2, 0) is 35.4 Å². The van der Waals surface area contributed by atoms with Crippen molar-refractivity contribution in [1.82, 2.24) is 19.8 Å². The molecule has 42 heavy (non-hydrogen) atoms. The number of aliphatic carboxylic acids is 1. The Bertz CT molecular complexity index is 1390. The highest BCUT2D eigenvalue weighted by molar-refractivity contribution is 5.85. The Hall–Kier alpha value is -4.18. The van der Waals surface area contributed by atoms with Gasteiger partial charge in [0.15, 0.2) is 0 Å². The summed E-state index contributed by atoms with van der Waals surface area (Å²) in [6.07, 6.45) is 6.92. The van der Waals surface area contributed by atoms with Crippen LogP contribution in [0.1, 0.15) is 42.5 Å². The van der Waals surface area contributed by atoms with E-state index in [2.05, 4.69) is 27.7 Å². The summed E-state index contributed by atoms with van der Waals surface area (Å²) in [7, 11) is 1.54. The van der Waals surface area contributed by atoms with Gasteiger partial charge in [-0.2, -0.15) is 0 Å². The first-order chi connectivity index (χ1) is 20.4. The standard InChI is InChI=1S/C32H41N5O5/c1-42-28-12-3-2-9-25(28)23-29(38)35-27(32(40)41)16-20-36(21-22-37-19-7-5-13-30(37)39)18-6-4-11-26-15-14-24-10-8-17-33-31(24)34-26/h2-3,5,7,9,12-15,19,27H,4,6,8,10-11,16-18,20-23H2,1H3,(H,33,34)(H,35,38)(H,40,41)/t27-/m0/s1. The molecule has 1 atom stereocenters. The Labute approximate surface area is 246 Å². The normalized spacial score (nSPS) is 13.2. The van der Waals surface area contributed by atoms with Crippen molar-refractivity contribution in [3.05, 3.63) is 88.0 Å². The first-order valence-corrected chi connectivity index (χ1v) is 14.7. The number of pyridine rings is 2. The van der Waals surface area contributed by atoms with Crippen LogP contribution in [0, 0.1) is 0 Å². The molecule has 1 aliphatic rings. The Morgan fingerprint density at radius 1 is 1.10 bits per heavy atom. The van der Waals surface area contributed by atoms with Gasteiger partial charge < -0.3 is 29.9 Å². The molecule has 224 valence electrons. The number of fused-ring (bicyclic) bond motifs is 1. The number of unbranched alkanes of at least 4 members (excludes halogenated alkanes) is 1. The zero-order valence-electron chi connectivity index (χ0n) is 24.3. The fraction of sp³-hybridized carbons (Fsp3) is 0.438. The lowest BCUT2D eigenvalue weighted by Crippen LogP contribution is -2.44. The molecule has 0 saturated carbocycles. The van der Waals surface area contributed by atoms with E-state index in [1.807, 2.05) is 18.2 Å². The number of carbonyl (C=O) groups excluding carboxylic acids is 1.